The van der Waals surface area contributed by atoms with Crippen molar-refractivity contribution < 1.29 is 14.8 Å². The average molecular weight is 340 g/mol. The molecule has 130 valence electrons. The van der Waals surface area contributed by atoms with Crippen LogP contribution in [0.3, 0.4) is 0 Å². The molecule has 1 aromatic carbocycles. The monoisotopic (exact) mass is 340 g/mol. The minimum absolute atomic E-state index is 0.0102. The van der Waals surface area contributed by atoms with Crippen LogP contribution < -0.4 is 5.32 Å². The number of aromatic carboxylic acids is 1. The molecule has 2 aliphatic carbocycles. The molecule has 6 nitrogen and oxygen atoms in total. The van der Waals surface area contributed by atoms with E-state index in [0.717, 1.165) is 25.7 Å². The zero-order chi connectivity index (χ0) is 17.6. The van der Waals surface area contributed by atoms with Gasteiger partial charge in [-0.2, -0.15) is 0 Å². The van der Waals surface area contributed by atoms with Gasteiger partial charge in [-0.1, -0.05) is 24.3 Å². The van der Waals surface area contributed by atoms with Gasteiger partial charge in [-0.3, -0.25) is 10.1 Å². The van der Waals surface area contributed by atoms with E-state index in [1.165, 1.54) is 12.1 Å². The first-order chi connectivity index (χ1) is 12.1. The van der Waals surface area contributed by atoms with E-state index < -0.39 is 10.9 Å². The Kier molecular flexibility index (Phi) is 3.82. The van der Waals surface area contributed by atoms with Crippen LogP contribution in [0.1, 0.15) is 47.5 Å². The van der Waals surface area contributed by atoms with E-state index in [1.54, 1.807) is 0 Å². The van der Waals surface area contributed by atoms with Crippen LogP contribution in [0.25, 0.3) is 0 Å². The number of rotatable bonds is 3. The standard InChI is InChI=1S/C19H20N2O4/c22-19(23)14-9-10-15(21(24)25)16-12-7-4-8-13(12)17(20-18(14)16)11-5-2-1-3-6-11/h1-2,4,7,9-13,17,20H,3,5-6,8H2,(H,22,23)/t11-,12-,13-,17+/m1/s1. The second-order valence-electron chi connectivity index (χ2n) is 7.05. The molecule has 4 atom stereocenters. The van der Waals surface area contributed by atoms with Gasteiger partial charge in [-0.25, -0.2) is 4.79 Å². The Morgan fingerprint density at radius 2 is 2.08 bits per heavy atom. The molecular formula is C19H20N2O4. The summed E-state index contributed by atoms with van der Waals surface area (Å²) in [5, 5.41) is 24.5. The molecule has 0 saturated heterocycles. The van der Waals surface area contributed by atoms with E-state index in [-0.39, 0.29) is 29.1 Å². The lowest BCUT2D eigenvalue weighted by Crippen LogP contribution is -2.42. The molecule has 1 aromatic rings. The van der Waals surface area contributed by atoms with Gasteiger partial charge in [0, 0.05) is 18.0 Å². The van der Waals surface area contributed by atoms with Crippen LogP contribution in [0.5, 0.6) is 0 Å². The van der Waals surface area contributed by atoms with Crippen molar-refractivity contribution in [1.82, 2.24) is 0 Å². The molecule has 1 heterocycles. The first-order valence-corrected chi connectivity index (χ1v) is 8.70. The minimum Gasteiger partial charge on any atom is -0.478 e. The number of carboxylic acid groups (broad SMARTS) is 1. The van der Waals surface area contributed by atoms with Gasteiger partial charge in [0.15, 0.2) is 0 Å². The van der Waals surface area contributed by atoms with Gasteiger partial charge >= 0.3 is 5.97 Å². The lowest BCUT2D eigenvalue weighted by molar-refractivity contribution is -0.385. The lowest BCUT2D eigenvalue weighted by Gasteiger charge is -2.42. The summed E-state index contributed by atoms with van der Waals surface area (Å²) in [6.45, 7) is 0. The number of nitrogens with zero attached hydrogens (tertiary/aromatic N) is 1. The fourth-order valence-electron chi connectivity index (χ4n) is 4.68. The van der Waals surface area contributed by atoms with Gasteiger partial charge in [0.2, 0.25) is 0 Å². The maximum atomic E-state index is 11.7. The topological polar surface area (TPSA) is 92.5 Å². The minimum atomic E-state index is -1.05. The molecule has 1 aliphatic heterocycles. The van der Waals surface area contributed by atoms with Crippen LogP contribution in [0.15, 0.2) is 36.4 Å². The Labute approximate surface area is 145 Å². The molecule has 0 amide bonds. The Bertz CT molecular complexity index is 799. The summed E-state index contributed by atoms with van der Waals surface area (Å²) in [5.41, 5.74) is 1.10. The summed E-state index contributed by atoms with van der Waals surface area (Å²) in [6.07, 6.45) is 12.4. The van der Waals surface area contributed by atoms with Crippen LogP contribution in [-0.4, -0.2) is 22.0 Å². The molecule has 0 spiro atoms. The van der Waals surface area contributed by atoms with Crippen LogP contribution >= 0.6 is 0 Å². The first kappa shape index (κ1) is 15.9. The Morgan fingerprint density at radius 3 is 2.76 bits per heavy atom. The van der Waals surface area contributed by atoms with Crippen molar-refractivity contribution in [1.29, 1.82) is 0 Å². The SMILES string of the molecule is O=C(O)c1ccc([N+](=O)[O-])c2c1N[C@@H]([C@@H]1CC=CCC1)[C@@H]1CC=C[C@@H]21. The molecule has 0 unspecified atom stereocenters. The Morgan fingerprint density at radius 1 is 1.24 bits per heavy atom. The van der Waals surface area contributed by atoms with Crippen molar-refractivity contribution in [2.75, 3.05) is 5.32 Å². The van der Waals surface area contributed by atoms with Gasteiger partial charge < -0.3 is 10.4 Å². The number of anilines is 1. The lowest BCUT2D eigenvalue weighted by atomic mass is 9.71. The number of fused-ring (bicyclic) bond motifs is 3. The fourth-order valence-corrected chi connectivity index (χ4v) is 4.68. The van der Waals surface area contributed by atoms with Gasteiger partial charge in [0.05, 0.1) is 21.7 Å². The third-order valence-electron chi connectivity index (χ3n) is 5.79. The third kappa shape index (κ3) is 2.52. The summed E-state index contributed by atoms with van der Waals surface area (Å²) in [6, 6.07) is 2.82. The van der Waals surface area contributed by atoms with Crippen LogP contribution in [-0.2, 0) is 0 Å². The maximum absolute atomic E-state index is 11.7. The number of nitro groups is 1. The number of allylic oxidation sites excluding steroid dienone is 4. The Balaban J connectivity index is 1.85. The third-order valence-corrected chi connectivity index (χ3v) is 5.79. The van der Waals surface area contributed by atoms with E-state index in [1.807, 2.05) is 6.08 Å². The van der Waals surface area contributed by atoms with Crippen molar-refractivity contribution in [2.45, 2.75) is 37.6 Å². The number of hydrogen-bond acceptors (Lipinski definition) is 4. The number of carbonyl (C=O) groups is 1. The second-order valence-corrected chi connectivity index (χ2v) is 7.05. The first-order valence-electron chi connectivity index (χ1n) is 8.70. The van der Waals surface area contributed by atoms with Crippen LogP contribution in [0.2, 0.25) is 0 Å². The number of nitrogens with one attached hydrogen (secondary N) is 1. The van der Waals surface area contributed by atoms with Gasteiger partial charge in [-0.05, 0) is 43.6 Å². The van der Waals surface area contributed by atoms with Crippen LogP contribution in [0.4, 0.5) is 11.4 Å². The highest BCUT2D eigenvalue weighted by atomic mass is 16.6. The van der Waals surface area contributed by atoms with Crippen molar-refractivity contribution in [3.05, 3.63) is 57.7 Å². The smallest absolute Gasteiger partial charge is 0.337 e. The molecule has 4 rings (SSSR count). The summed E-state index contributed by atoms with van der Waals surface area (Å²) in [5.74, 6) is -0.480. The van der Waals surface area contributed by atoms with E-state index >= 15 is 0 Å². The summed E-state index contributed by atoms with van der Waals surface area (Å²) in [7, 11) is 0. The number of carboxylic acids is 1. The summed E-state index contributed by atoms with van der Waals surface area (Å²) < 4.78 is 0. The molecule has 0 saturated carbocycles. The van der Waals surface area contributed by atoms with Gasteiger partial charge in [0.1, 0.15) is 0 Å². The molecule has 0 radical (unpaired) electrons. The number of hydrogen-bond donors (Lipinski definition) is 2. The van der Waals surface area contributed by atoms with Crippen molar-refractivity contribution >= 4 is 17.3 Å². The highest BCUT2D eigenvalue weighted by Crippen LogP contribution is 2.51. The molecule has 0 aromatic heterocycles. The summed E-state index contributed by atoms with van der Waals surface area (Å²) >= 11 is 0. The molecule has 6 heteroatoms. The molecule has 0 bridgehead atoms. The van der Waals surface area contributed by atoms with Gasteiger partial charge in [0.25, 0.3) is 5.69 Å². The van der Waals surface area contributed by atoms with E-state index in [4.69, 9.17) is 0 Å². The van der Waals surface area contributed by atoms with Crippen molar-refractivity contribution in [3.8, 4) is 0 Å². The van der Waals surface area contributed by atoms with E-state index in [2.05, 4.69) is 23.5 Å². The molecule has 0 fully saturated rings. The number of benzene rings is 1. The molecule has 3 aliphatic rings. The second kappa shape index (κ2) is 6.02. The summed E-state index contributed by atoms with van der Waals surface area (Å²) in [4.78, 5) is 22.8. The number of nitro benzene ring substituents is 1. The predicted octanol–water partition coefficient (Wildman–Crippen LogP) is 4.10. The normalized spacial score (nSPS) is 29.6. The van der Waals surface area contributed by atoms with Gasteiger partial charge in [-0.15, -0.1) is 0 Å². The van der Waals surface area contributed by atoms with E-state index in [9.17, 15) is 20.0 Å². The van der Waals surface area contributed by atoms with Crippen molar-refractivity contribution in [3.63, 3.8) is 0 Å². The highest BCUT2D eigenvalue weighted by Gasteiger charge is 2.44. The quantitative estimate of drug-likeness (QED) is 0.491. The maximum Gasteiger partial charge on any atom is 0.337 e. The molecule has 25 heavy (non-hydrogen) atoms. The van der Waals surface area contributed by atoms with Crippen molar-refractivity contribution in [2.24, 2.45) is 11.8 Å². The average Bonchev–Trinajstić information content (AvgIpc) is 3.10. The zero-order valence-electron chi connectivity index (χ0n) is 13.7. The fraction of sp³-hybridized carbons (Fsp3) is 0.421. The zero-order valence-corrected chi connectivity index (χ0v) is 13.7. The van der Waals surface area contributed by atoms with E-state index in [0.29, 0.717) is 17.2 Å². The molecular weight excluding hydrogens is 320 g/mol. The largest absolute Gasteiger partial charge is 0.478 e. The predicted molar refractivity (Wildman–Crippen MR) is 93.9 cm³/mol. The van der Waals surface area contributed by atoms with Crippen LogP contribution in [0, 0.1) is 22.0 Å². The highest BCUT2D eigenvalue weighted by molar-refractivity contribution is 5.97. The Hall–Kier alpha value is -2.63. The molecule has 2 N–H and O–H groups in total.